The maximum Gasteiger partial charge on any atom is 0.410 e. The van der Waals surface area contributed by atoms with Crippen LogP contribution in [0, 0.1) is 11.3 Å². The number of likely N-dealkylation sites (tertiary alicyclic amines) is 1. The second kappa shape index (κ2) is 9.83. The van der Waals surface area contributed by atoms with Crippen LogP contribution in [0.5, 0.6) is 5.75 Å². The first-order valence-electron chi connectivity index (χ1n) is 7.96. The largest absolute Gasteiger partial charge is 0.494 e. The first kappa shape index (κ1) is 21.5. The van der Waals surface area contributed by atoms with Gasteiger partial charge >= 0.3 is 6.09 Å². The highest BCUT2D eigenvalue weighted by atomic mass is 79.9. The molecule has 0 N–H and O–H groups in total. The van der Waals surface area contributed by atoms with Crippen LogP contribution in [0.4, 0.5) is 4.79 Å². The number of piperidine rings is 1. The first-order chi connectivity index (χ1) is 11.7. The lowest BCUT2D eigenvalue weighted by Crippen LogP contribution is -2.39. The fourth-order valence-corrected chi connectivity index (χ4v) is 2.52. The van der Waals surface area contributed by atoms with Crippen LogP contribution >= 0.6 is 27.5 Å². The van der Waals surface area contributed by atoms with Crippen LogP contribution in [0.25, 0.3) is 0 Å². The van der Waals surface area contributed by atoms with Gasteiger partial charge in [-0.1, -0.05) is 11.6 Å². The monoisotopic (exact) mass is 431 g/mol. The molecule has 0 spiro atoms. The number of ether oxygens (including phenoxy) is 2. The third kappa shape index (κ3) is 7.49. The molecule has 0 radical (unpaired) electrons. The highest BCUT2D eigenvalue weighted by Gasteiger charge is 2.22. The van der Waals surface area contributed by atoms with Crippen LogP contribution in [-0.4, -0.2) is 41.8 Å². The van der Waals surface area contributed by atoms with Crippen LogP contribution in [0.3, 0.4) is 0 Å². The zero-order chi connectivity index (χ0) is 19.0. The normalized spacial score (nSPS) is 14.0. The van der Waals surface area contributed by atoms with Gasteiger partial charge in [-0.25, -0.2) is 9.78 Å². The second-order valence-corrected chi connectivity index (χ2v) is 7.66. The van der Waals surface area contributed by atoms with Crippen molar-refractivity contribution in [2.45, 2.75) is 45.6 Å². The minimum absolute atomic E-state index is 0.160. The Balaban J connectivity index is 0.000000251. The van der Waals surface area contributed by atoms with Gasteiger partial charge in [0.1, 0.15) is 16.8 Å². The molecule has 1 amide bonds. The zero-order valence-electron chi connectivity index (χ0n) is 14.9. The van der Waals surface area contributed by atoms with Crippen LogP contribution in [0.1, 0.15) is 45.7 Å². The van der Waals surface area contributed by atoms with Crippen molar-refractivity contribution in [2.24, 2.45) is 0 Å². The quantitative estimate of drug-likeness (QED) is 0.597. The minimum atomic E-state index is -0.367. The SMILES string of the molecule is CC(C)(C)OC(=O)N1CCCCC1.COc1cc(Br)c(Cl)nc1C#N. The summed E-state index contributed by atoms with van der Waals surface area (Å²) in [6.07, 6.45) is 3.30. The van der Waals surface area contributed by atoms with E-state index in [1.807, 2.05) is 26.8 Å². The third-order valence-corrected chi connectivity index (χ3v) is 4.35. The maximum absolute atomic E-state index is 11.5. The number of hydrogen-bond donors (Lipinski definition) is 0. The van der Waals surface area contributed by atoms with Gasteiger partial charge in [0, 0.05) is 19.2 Å². The summed E-state index contributed by atoms with van der Waals surface area (Å²) < 4.78 is 10.8. The average molecular weight is 433 g/mol. The van der Waals surface area contributed by atoms with Gasteiger partial charge < -0.3 is 14.4 Å². The minimum Gasteiger partial charge on any atom is -0.494 e. The lowest BCUT2D eigenvalue weighted by molar-refractivity contribution is 0.0216. The Hall–Kier alpha value is -1.52. The smallest absolute Gasteiger partial charge is 0.410 e. The van der Waals surface area contributed by atoms with Gasteiger partial charge in [-0.2, -0.15) is 5.26 Å². The number of carbonyl (C=O) groups is 1. The van der Waals surface area contributed by atoms with Crippen LogP contribution in [0.15, 0.2) is 10.5 Å². The Kier molecular flexibility index (Phi) is 8.46. The highest BCUT2D eigenvalue weighted by Crippen LogP contribution is 2.27. The molecule has 1 aliphatic rings. The Labute approximate surface area is 162 Å². The fraction of sp³-hybridized carbons (Fsp3) is 0.588. The van der Waals surface area contributed by atoms with Gasteiger partial charge in [-0.15, -0.1) is 0 Å². The van der Waals surface area contributed by atoms with Crippen LogP contribution in [-0.2, 0) is 4.74 Å². The zero-order valence-corrected chi connectivity index (χ0v) is 17.3. The summed E-state index contributed by atoms with van der Waals surface area (Å²) in [6, 6.07) is 3.48. The molecule has 0 aromatic carbocycles. The maximum atomic E-state index is 11.5. The molecule has 2 heterocycles. The summed E-state index contributed by atoms with van der Waals surface area (Å²) in [7, 11) is 1.47. The number of hydrogen-bond acceptors (Lipinski definition) is 5. The van der Waals surface area contributed by atoms with Crippen molar-refractivity contribution in [3.8, 4) is 11.8 Å². The molecule has 0 aliphatic carbocycles. The van der Waals surface area contributed by atoms with Crippen molar-refractivity contribution >= 4 is 33.6 Å². The highest BCUT2D eigenvalue weighted by molar-refractivity contribution is 9.10. The number of amides is 1. The summed E-state index contributed by atoms with van der Waals surface area (Å²) in [5.74, 6) is 0.411. The molecule has 1 aromatic rings. The van der Waals surface area contributed by atoms with Crippen molar-refractivity contribution in [1.29, 1.82) is 5.26 Å². The summed E-state index contributed by atoms with van der Waals surface area (Å²) >= 11 is 8.82. The molecule has 0 saturated carbocycles. The summed E-state index contributed by atoms with van der Waals surface area (Å²) in [5.41, 5.74) is -0.181. The van der Waals surface area contributed by atoms with E-state index in [-0.39, 0.29) is 22.5 Å². The number of halogens is 2. The Morgan fingerprint density at radius 1 is 1.36 bits per heavy atom. The van der Waals surface area contributed by atoms with E-state index in [9.17, 15) is 4.79 Å². The van der Waals surface area contributed by atoms with E-state index in [1.165, 1.54) is 13.5 Å². The number of nitriles is 1. The van der Waals surface area contributed by atoms with Gasteiger partial charge in [-0.05, 0) is 56.0 Å². The fourth-order valence-electron chi connectivity index (χ4n) is 2.09. The topological polar surface area (TPSA) is 75.4 Å². The van der Waals surface area contributed by atoms with Gasteiger partial charge in [-0.3, -0.25) is 0 Å². The number of methoxy groups -OCH3 is 1. The Bertz CT molecular complexity index is 635. The van der Waals surface area contributed by atoms with E-state index in [0.29, 0.717) is 10.2 Å². The number of aromatic nitrogens is 1. The van der Waals surface area contributed by atoms with Gasteiger partial charge in [0.25, 0.3) is 0 Å². The third-order valence-electron chi connectivity index (χ3n) is 3.23. The van der Waals surface area contributed by atoms with E-state index in [0.717, 1.165) is 25.9 Å². The predicted octanol–water partition coefficient (Wildman–Crippen LogP) is 4.79. The molecule has 8 heteroatoms. The number of rotatable bonds is 1. The molecule has 1 aromatic heterocycles. The molecule has 6 nitrogen and oxygen atoms in total. The van der Waals surface area contributed by atoms with Gasteiger partial charge in [0.2, 0.25) is 0 Å². The summed E-state index contributed by atoms with van der Waals surface area (Å²) in [5, 5.41) is 8.86. The molecule has 0 atom stereocenters. The molecule has 2 rings (SSSR count). The summed E-state index contributed by atoms with van der Waals surface area (Å²) in [4.78, 5) is 17.1. The average Bonchev–Trinajstić information content (AvgIpc) is 2.56. The van der Waals surface area contributed by atoms with Crippen molar-refractivity contribution in [2.75, 3.05) is 20.2 Å². The van der Waals surface area contributed by atoms with Crippen molar-refractivity contribution < 1.29 is 14.3 Å². The lowest BCUT2D eigenvalue weighted by Gasteiger charge is -2.29. The van der Waals surface area contributed by atoms with Gasteiger partial charge in [0.05, 0.1) is 11.6 Å². The van der Waals surface area contributed by atoms with E-state index in [2.05, 4.69) is 20.9 Å². The molecule has 1 aliphatic heterocycles. The molecule has 0 unspecified atom stereocenters. The number of nitrogens with zero attached hydrogens (tertiary/aromatic N) is 3. The van der Waals surface area contributed by atoms with Gasteiger partial charge in [0.15, 0.2) is 11.4 Å². The van der Waals surface area contributed by atoms with E-state index in [1.54, 1.807) is 11.0 Å². The van der Waals surface area contributed by atoms with Crippen molar-refractivity contribution in [1.82, 2.24) is 9.88 Å². The number of carbonyl (C=O) groups excluding carboxylic acids is 1. The van der Waals surface area contributed by atoms with Crippen LogP contribution < -0.4 is 4.74 Å². The van der Waals surface area contributed by atoms with Crippen molar-refractivity contribution in [3.63, 3.8) is 0 Å². The standard InChI is InChI=1S/C10H19NO2.C7H4BrClN2O/c1-10(2,3)13-9(12)11-7-5-4-6-8-11;1-12-6-2-4(8)7(9)11-5(6)3-10/h4-8H2,1-3H3;2H,1H3. The lowest BCUT2D eigenvalue weighted by atomic mass is 10.1. The first-order valence-corrected chi connectivity index (χ1v) is 9.13. The summed E-state index contributed by atoms with van der Waals surface area (Å²) in [6.45, 7) is 7.41. The Morgan fingerprint density at radius 3 is 2.44 bits per heavy atom. The Morgan fingerprint density at radius 2 is 1.96 bits per heavy atom. The molecule has 1 saturated heterocycles. The number of pyridine rings is 1. The van der Waals surface area contributed by atoms with E-state index < -0.39 is 0 Å². The van der Waals surface area contributed by atoms with E-state index >= 15 is 0 Å². The molecular weight excluding hydrogens is 410 g/mol. The molecule has 1 fully saturated rings. The molecular formula is C17H23BrClN3O3. The second-order valence-electron chi connectivity index (χ2n) is 6.45. The predicted molar refractivity (Wildman–Crippen MR) is 99.9 cm³/mol. The molecule has 25 heavy (non-hydrogen) atoms. The molecule has 0 bridgehead atoms. The molecule has 138 valence electrons. The van der Waals surface area contributed by atoms with E-state index in [4.69, 9.17) is 26.3 Å². The van der Waals surface area contributed by atoms with Crippen molar-refractivity contribution in [3.05, 3.63) is 21.4 Å². The van der Waals surface area contributed by atoms with Crippen LogP contribution in [0.2, 0.25) is 5.15 Å².